The van der Waals surface area contributed by atoms with Crippen LogP contribution in [0.15, 0.2) is 48.8 Å². The SMILES string of the molecule is CCOCCNC(=O)c1cccc(Nc2nc3cc(-c4cnc(OC)c(OC)c4)ccn3n2)n1. The minimum atomic E-state index is -0.278. The lowest BCUT2D eigenvalue weighted by molar-refractivity contribution is 0.0918. The number of ether oxygens (including phenoxy) is 3. The van der Waals surface area contributed by atoms with Crippen LogP contribution in [0.3, 0.4) is 0 Å². The molecular formula is C23H25N7O4. The van der Waals surface area contributed by atoms with Gasteiger partial charge in [0.25, 0.3) is 11.8 Å². The molecule has 4 aromatic rings. The Balaban J connectivity index is 1.50. The molecule has 0 saturated carbocycles. The smallest absolute Gasteiger partial charge is 0.270 e. The van der Waals surface area contributed by atoms with Gasteiger partial charge in [0.1, 0.15) is 11.5 Å². The standard InChI is InChI=1S/C23H25N7O4/c1-4-34-11-9-24-21(31)17-6-5-7-19(26-17)27-23-28-20-13-15(8-10-30(20)29-23)16-12-18(32-2)22(33-3)25-14-16/h5-8,10,12-14H,4,9,11H2,1-3H3,(H,24,31)(H,26,27,29). The van der Waals surface area contributed by atoms with E-state index >= 15 is 0 Å². The normalized spacial score (nSPS) is 10.8. The maximum Gasteiger partial charge on any atom is 0.270 e. The van der Waals surface area contributed by atoms with E-state index in [2.05, 4.69) is 30.7 Å². The van der Waals surface area contributed by atoms with Crippen LogP contribution in [0.2, 0.25) is 0 Å². The van der Waals surface area contributed by atoms with Gasteiger partial charge in [-0.3, -0.25) is 4.79 Å². The van der Waals surface area contributed by atoms with E-state index in [1.165, 1.54) is 0 Å². The van der Waals surface area contributed by atoms with Crippen LogP contribution in [0.25, 0.3) is 16.8 Å². The van der Waals surface area contributed by atoms with Crippen molar-refractivity contribution in [2.45, 2.75) is 6.92 Å². The maximum atomic E-state index is 12.3. The summed E-state index contributed by atoms with van der Waals surface area (Å²) >= 11 is 0. The van der Waals surface area contributed by atoms with Crippen molar-refractivity contribution >= 4 is 23.3 Å². The molecule has 11 heteroatoms. The Morgan fingerprint density at radius 2 is 1.97 bits per heavy atom. The maximum absolute atomic E-state index is 12.3. The predicted molar refractivity (Wildman–Crippen MR) is 126 cm³/mol. The van der Waals surface area contributed by atoms with Gasteiger partial charge in [0.05, 0.1) is 20.8 Å². The van der Waals surface area contributed by atoms with Crippen LogP contribution in [0.5, 0.6) is 11.6 Å². The van der Waals surface area contributed by atoms with Gasteiger partial charge in [0.2, 0.25) is 5.95 Å². The zero-order valence-corrected chi connectivity index (χ0v) is 19.1. The molecule has 0 aliphatic carbocycles. The second-order valence-corrected chi connectivity index (χ2v) is 7.08. The lowest BCUT2D eigenvalue weighted by Gasteiger charge is -2.08. The van der Waals surface area contributed by atoms with Gasteiger partial charge in [-0.05, 0) is 42.8 Å². The predicted octanol–water partition coefficient (Wildman–Crippen LogP) is 2.71. The van der Waals surface area contributed by atoms with Crippen molar-refractivity contribution in [2.24, 2.45) is 0 Å². The van der Waals surface area contributed by atoms with E-state index in [9.17, 15) is 4.79 Å². The number of aromatic nitrogens is 5. The molecule has 0 saturated heterocycles. The summed E-state index contributed by atoms with van der Waals surface area (Å²) in [4.78, 5) is 25.5. The molecule has 4 aromatic heterocycles. The molecule has 34 heavy (non-hydrogen) atoms. The molecule has 0 aliphatic heterocycles. The number of methoxy groups -OCH3 is 2. The zero-order chi connectivity index (χ0) is 23.9. The highest BCUT2D eigenvalue weighted by atomic mass is 16.5. The summed E-state index contributed by atoms with van der Waals surface area (Å²) in [7, 11) is 3.11. The van der Waals surface area contributed by atoms with E-state index in [4.69, 9.17) is 14.2 Å². The van der Waals surface area contributed by atoms with Crippen molar-refractivity contribution in [1.29, 1.82) is 0 Å². The number of hydrogen-bond donors (Lipinski definition) is 2. The Morgan fingerprint density at radius 1 is 1.09 bits per heavy atom. The molecule has 0 aromatic carbocycles. The number of rotatable bonds is 10. The topological polar surface area (TPSA) is 125 Å². The van der Waals surface area contributed by atoms with Gasteiger partial charge in [-0.1, -0.05) is 6.07 Å². The van der Waals surface area contributed by atoms with Gasteiger partial charge in [-0.2, -0.15) is 4.98 Å². The van der Waals surface area contributed by atoms with Gasteiger partial charge in [0, 0.05) is 31.1 Å². The van der Waals surface area contributed by atoms with E-state index < -0.39 is 0 Å². The first-order valence-corrected chi connectivity index (χ1v) is 10.7. The number of nitrogens with zero attached hydrogens (tertiary/aromatic N) is 5. The molecule has 4 rings (SSSR count). The lowest BCUT2D eigenvalue weighted by atomic mass is 10.1. The molecule has 2 N–H and O–H groups in total. The fourth-order valence-corrected chi connectivity index (χ4v) is 3.22. The highest BCUT2D eigenvalue weighted by molar-refractivity contribution is 5.92. The molecular weight excluding hydrogens is 438 g/mol. The number of amides is 1. The Hall–Kier alpha value is -4.25. The number of hydrogen-bond acceptors (Lipinski definition) is 9. The first kappa shape index (κ1) is 22.9. The van der Waals surface area contributed by atoms with Crippen molar-refractivity contribution in [3.8, 4) is 22.8 Å². The molecule has 1 amide bonds. The molecule has 0 atom stereocenters. The van der Waals surface area contributed by atoms with E-state index in [0.717, 1.165) is 11.1 Å². The Labute approximate surface area is 196 Å². The number of anilines is 2. The number of carbonyl (C=O) groups excluding carboxylic acids is 1. The summed E-state index contributed by atoms with van der Waals surface area (Å²) in [6.07, 6.45) is 3.51. The second-order valence-electron chi connectivity index (χ2n) is 7.08. The molecule has 0 radical (unpaired) electrons. The van der Waals surface area contributed by atoms with Crippen LogP contribution in [-0.4, -0.2) is 64.5 Å². The van der Waals surface area contributed by atoms with Crippen molar-refractivity contribution in [2.75, 3.05) is 39.3 Å². The Kier molecular flexibility index (Phi) is 7.13. The largest absolute Gasteiger partial charge is 0.491 e. The number of pyridine rings is 3. The van der Waals surface area contributed by atoms with Gasteiger partial charge < -0.3 is 24.8 Å². The molecule has 4 heterocycles. The first-order valence-electron chi connectivity index (χ1n) is 10.7. The molecule has 0 spiro atoms. The van der Waals surface area contributed by atoms with Crippen molar-refractivity contribution < 1.29 is 19.0 Å². The van der Waals surface area contributed by atoms with Gasteiger partial charge >= 0.3 is 0 Å². The number of nitrogens with one attached hydrogen (secondary N) is 2. The van der Waals surface area contributed by atoms with E-state index in [1.54, 1.807) is 49.3 Å². The summed E-state index contributed by atoms with van der Waals surface area (Å²) in [6, 6.07) is 10.8. The Bertz CT molecular complexity index is 1290. The van der Waals surface area contributed by atoms with Crippen molar-refractivity contribution in [3.05, 3.63) is 54.5 Å². The van der Waals surface area contributed by atoms with Crippen LogP contribution < -0.4 is 20.1 Å². The van der Waals surface area contributed by atoms with E-state index in [1.807, 2.05) is 25.1 Å². The summed E-state index contributed by atoms with van der Waals surface area (Å²) in [6.45, 7) is 3.37. The fraction of sp³-hybridized carbons (Fsp3) is 0.261. The van der Waals surface area contributed by atoms with Crippen LogP contribution >= 0.6 is 0 Å². The second kappa shape index (κ2) is 10.6. The van der Waals surface area contributed by atoms with Gasteiger partial charge in [-0.25, -0.2) is 14.5 Å². The summed E-state index contributed by atoms with van der Waals surface area (Å²) in [5.41, 5.74) is 2.65. The van der Waals surface area contributed by atoms with Crippen LogP contribution in [0.4, 0.5) is 11.8 Å². The molecule has 0 fully saturated rings. The summed E-state index contributed by atoms with van der Waals surface area (Å²) in [5.74, 6) is 1.48. The van der Waals surface area contributed by atoms with Crippen molar-refractivity contribution in [3.63, 3.8) is 0 Å². The fourth-order valence-electron chi connectivity index (χ4n) is 3.22. The van der Waals surface area contributed by atoms with Gasteiger partial charge in [0.15, 0.2) is 11.4 Å². The third-order valence-corrected chi connectivity index (χ3v) is 4.86. The average molecular weight is 463 g/mol. The number of fused-ring (bicyclic) bond motifs is 1. The van der Waals surface area contributed by atoms with Crippen LogP contribution in [0, 0.1) is 0 Å². The zero-order valence-electron chi connectivity index (χ0n) is 19.1. The third-order valence-electron chi connectivity index (χ3n) is 4.86. The minimum Gasteiger partial charge on any atom is -0.491 e. The minimum absolute atomic E-state index is 0.278. The Morgan fingerprint density at radius 3 is 2.76 bits per heavy atom. The monoisotopic (exact) mass is 463 g/mol. The first-order chi connectivity index (χ1) is 16.6. The average Bonchev–Trinajstić information content (AvgIpc) is 3.27. The number of carbonyl (C=O) groups is 1. The van der Waals surface area contributed by atoms with Gasteiger partial charge in [-0.15, -0.1) is 5.10 Å². The quantitative estimate of drug-likeness (QED) is 0.342. The molecule has 11 nitrogen and oxygen atoms in total. The molecule has 176 valence electrons. The van der Waals surface area contributed by atoms with Crippen molar-refractivity contribution in [1.82, 2.24) is 29.9 Å². The highest BCUT2D eigenvalue weighted by Crippen LogP contribution is 2.30. The third kappa shape index (κ3) is 5.21. The summed E-state index contributed by atoms with van der Waals surface area (Å²) in [5, 5.41) is 10.2. The molecule has 0 bridgehead atoms. The van der Waals surface area contributed by atoms with E-state index in [0.29, 0.717) is 48.8 Å². The van der Waals surface area contributed by atoms with Crippen LogP contribution in [-0.2, 0) is 4.74 Å². The highest BCUT2D eigenvalue weighted by Gasteiger charge is 2.12. The summed E-state index contributed by atoms with van der Waals surface area (Å²) < 4.78 is 17.4. The lowest BCUT2D eigenvalue weighted by Crippen LogP contribution is -2.28. The van der Waals surface area contributed by atoms with Crippen LogP contribution in [0.1, 0.15) is 17.4 Å². The molecule has 0 unspecified atom stereocenters. The molecule has 0 aliphatic rings. The van der Waals surface area contributed by atoms with E-state index in [-0.39, 0.29) is 11.6 Å².